The Morgan fingerprint density at radius 3 is 2.23 bits per heavy atom. The Labute approximate surface area is 127 Å². The van der Waals surface area contributed by atoms with E-state index in [1.165, 1.54) is 17.5 Å². The summed E-state index contributed by atoms with van der Waals surface area (Å²) in [7, 11) is 0. The number of carbonyl (C=O) groups is 2. The third-order valence-corrected chi connectivity index (χ3v) is 3.30. The maximum absolute atomic E-state index is 10.8. The van der Waals surface area contributed by atoms with Crippen LogP contribution in [0.25, 0.3) is 10.8 Å². The van der Waals surface area contributed by atoms with Crippen LogP contribution in [0.4, 0.5) is 0 Å². The molecule has 108 valence electrons. The first-order chi connectivity index (χ1) is 10.8. The highest BCUT2D eigenvalue weighted by Gasteiger charge is 2.04. The molecule has 0 atom stereocenters. The maximum atomic E-state index is 10.8. The summed E-state index contributed by atoms with van der Waals surface area (Å²) in [6.45, 7) is 0.353. The summed E-state index contributed by atoms with van der Waals surface area (Å²) in [6, 6.07) is 17.2. The quantitative estimate of drug-likeness (QED) is 0.676. The molecule has 0 unspecified atom stereocenters. The van der Waals surface area contributed by atoms with Gasteiger partial charge in [-0.15, -0.1) is 0 Å². The highest BCUT2D eigenvalue weighted by molar-refractivity contribution is 5.83. The van der Waals surface area contributed by atoms with E-state index in [0.29, 0.717) is 24.9 Å². The Morgan fingerprint density at radius 2 is 1.55 bits per heavy atom. The van der Waals surface area contributed by atoms with Crippen LogP contribution in [0.2, 0.25) is 0 Å². The predicted molar refractivity (Wildman–Crippen MR) is 83.3 cm³/mol. The van der Waals surface area contributed by atoms with Gasteiger partial charge in [-0.25, -0.2) is 4.98 Å². The summed E-state index contributed by atoms with van der Waals surface area (Å²) in [5.41, 5.74) is 1.37. The molecule has 2 aromatic carbocycles. The lowest BCUT2D eigenvalue weighted by Gasteiger charge is -2.08. The summed E-state index contributed by atoms with van der Waals surface area (Å²) in [5, 5.41) is 2.31. The minimum absolute atomic E-state index is 0.179. The Morgan fingerprint density at radius 1 is 0.864 bits per heavy atom. The van der Waals surface area contributed by atoms with Gasteiger partial charge in [0.25, 0.3) is 0 Å². The van der Waals surface area contributed by atoms with Crippen LogP contribution in [0.15, 0.2) is 54.6 Å². The Bertz CT molecular complexity index is 816. The summed E-state index contributed by atoms with van der Waals surface area (Å²) >= 11 is 0. The third-order valence-electron chi connectivity index (χ3n) is 3.30. The van der Waals surface area contributed by atoms with Crippen molar-refractivity contribution in [2.75, 3.05) is 0 Å². The van der Waals surface area contributed by atoms with Gasteiger partial charge in [-0.2, -0.15) is 0 Å². The molecule has 22 heavy (non-hydrogen) atoms. The van der Waals surface area contributed by atoms with E-state index in [9.17, 15) is 9.59 Å². The molecule has 4 heteroatoms. The first kappa shape index (κ1) is 13.9. The minimum atomic E-state index is 0.179. The molecule has 0 aliphatic carbocycles. The first-order valence-electron chi connectivity index (χ1n) is 6.81. The van der Waals surface area contributed by atoms with Gasteiger partial charge < -0.3 is 4.74 Å². The number of hydrogen-bond acceptors (Lipinski definition) is 4. The highest BCUT2D eigenvalue weighted by atomic mass is 16.5. The van der Waals surface area contributed by atoms with E-state index in [-0.39, 0.29) is 11.4 Å². The Hall–Kier alpha value is -3.01. The van der Waals surface area contributed by atoms with Gasteiger partial charge in [-0.1, -0.05) is 36.4 Å². The third kappa shape index (κ3) is 3.01. The number of carbonyl (C=O) groups excluding carboxylic acids is 2. The van der Waals surface area contributed by atoms with E-state index in [2.05, 4.69) is 17.1 Å². The zero-order chi connectivity index (χ0) is 15.4. The number of benzene rings is 2. The van der Waals surface area contributed by atoms with E-state index in [1.807, 2.05) is 30.3 Å². The number of rotatable bonds is 5. The van der Waals surface area contributed by atoms with E-state index in [0.717, 1.165) is 10.9 Å². The molecule has 3 rings (SSSR count). The van der Waals surface area contributed by atoms with Crippen molar-refractivity contribution in [1.29, 1.82) is 0 Å². The smallest absolute Gasteiger partial charge is 0.168 e. The summed E-state index contributed by atoms with van der Waals surface area (Å²) in [4.78, 5) is 25.5. The molecule has 0 fully saturated rings. The second kappa shape index (κ2) is 6.18. The molecule has 4 nitrogen and oxygen atoms in total. The van der Waals surface area contributed by atoms with Crippen molar-refractivity contribution in [3.05, 3.63) is 71.5 Å². The van der Waals surface area contributed by atoms with Gasteiger partial charge in [-0.05, 0) is 22.4 Å². The van der Waals surface area contributed by atoms with Crippen LogP contribution in [-0.2, 0) is 6.61 Å². The predicted octanol–water partition coefficient (Wildman–Crippen LogP) is 3.44. The summed E-state index contributed by atoms with van der Waals surface area (Å²) < 4.78 is 5.67. The van der Waals surface area contributed by atoms with E-state index < -0.39 is 0 Å². The van der Waals surface area contributed by atoms with Gasteiger partial charge in [0.15, 0.2) is 12.6 Å². The van der Waals surface area contributed by atoms with Gasteiger partial charge in [0.05, 0.1) is 0 Å². The second-order valence-electron chi connectivity index (χ2n) is 4.86. The van der Waals surface area contributed by atoms with Crippen LogP contribution in [0.1, 0.15) is 26.5 Å². The van der Waals surface area contributed by atoms with Crippen LogP contribution < -0.4 is 4.74 Å². The van der Waals surface area contributed by atoms with Gasteiger partial charge in [0.2, 0.25) is 0 Å². The molecule has 0 aliphatic heterocycles. The second-order valence-corrected chi connectivity index (χ2v) is 4.86. The zero-order valence-corrected chi connectivity index (χ0v) is 11.7. The van der Waals surface area contributed by atoms with Gasteiger partial charge in [-0.3, -0.25) is 9.59 Å². The number of nitrogens with zero attached hydrogens (tertiary/aromatic N) is 1. The van der Waals surface area contributed by atoms with E-state index in [1.54, 1.807) is 0 Å². The molecule has 0 aliphatic rings. The average molecular weight is 291 g/mol. The molecule has 0 amide bonds. The zero-order valence-electron chi connectivity index (χ0n) is 11.7. The first-order valence-corrected chi connectivity index (χ1v) is 6.81. The largest absolute Gasteiger partial charge is 0.489 e. The van der Waals surface area contributed by atoms with Gasteiger partial charge in [0.1, 0.15) is 23.7 Å². The maximum Gasteiger partial charge on any atom is 0.168 e. The molecule has 0 N–H and O–H groups in total. The molecular formula is C18H13NO3. The number of aldehydes is 2. The van der Waals surface area contributed by atoms with Crippen molar-refractivity contribution < 1.29 is 14.3 Å². The van der Waals surface area contributed by atoms with Gasteiger partial charge >= 0.3 is 0 Å². The van der Waals surface area contributed by atoms with E-state index in [4.69, 9.17) is 4.74 Å². The number of ether oxygens (including phenoxy) is 1. The molecule has 0 radical (unpaired) electrons. The number of fused-ring (bicyclic) bond motifs is 1. The number of pyridine rings is 1. The fourth-order valence-corrected chi connectivity index (χ4v) is 2.25. The summed E-state index contributed by atoms with van der Waals surface area (Å²) in [6.07, 6.45) is 1.19. The molecule has 0 saturated heterocycles. The van der Waals surface area contributed by atoms with Crippen LogP contribution in [-0.4, -0.2) is 17.6 Å². The van der Waals surface area contributed by atoms with Crippen LogP contribution in [0.5, 0.6) is 5.75 Å². The van der Waals surface area contributed by atoms with Crippen molar-refractivity contribution in [3.8, 4) is 5.75 Å². The average Bonchev–Trinajstić information content (AvgIpc) is 2.59. The van der Waals surface area contributed by atoms with Crippen LogP contribution in [0, 0.1) is 0 Å². The van der Waals surface area contributed by atoms with Crippen molar-refractivity contribution in [2.45, 2.75) is 6.61 Å². The fraction of sp³-hybridized carbons (Fsp3) is 0.0556. The standard InChI is InChI=1S/C18H13NO3/c20-10-16-8-18(9-17(11-21)19-16)22-12-13-5-6-14-3-1-2-4-15(14)7-13/h1-11H,12H2. The molecule has 0 spiro atoms. The Kier molecular flexibility index (Phi) is 3.92. The highest BCUT2D eigenvalue weighted by Crippen LogP contribution is 2.18. The van der Waals surface area contributed by atoms with E-state index >= 15 is 0 Å². The lowest BCUT2D eigenvalue weighted by molar-refractivity contribution is 0.111. The van der Waals surface area contributed by atoms with Crippen LogP contribution in [0.3, 0.4) is 0 Å². The van der Waals surface area contributed by atoms with Crippen molar-refractivity contribution in [2.24, 2.45) is 0 Å². The minimum Gasteiger partial charge on any atom is -0.489 e. The Balaban J connectivity index is 1.81. The lowest BCUT2D eigenvalue weighted by Crippen LogP contribution is -1.99. The molecular weight excluding hydrogens is 278 g/mol. The fourth-order valence-electron chi connectivity index (χ4n) is 2.25. The number of aromatic nitrogens is 1. The van der Waals surface area contributed by atoms with Crippen molar-refractivity contribution in [3.63, 3.8) is 0 Å². The van der Waals surface area contributed by atoms with Crippen molar-refractivity contribution in [1.82, 2.24) is 4.98 Å². The SMILES string of the molecule is O=Cc1cc(OCc2ccc3ccccc3c2)cc(C=O)n1. The van der Waals surface area contributed by atoms with Crippen molar-refractivity contribution >= 4 is 23.3 Å². The monoisotopic (exact) mass is 291 g/mol. The van der Waals surface area contributed by atoms with Gasteiger partial charge in [0, 0.05) is 12.1 Å². The lowest BCUT2D eigenvalue weighted by atomic mass is 10.1. The molecule has 0 bridgehead atoms. The summed E-state index contributed by atoms with van der Waals surface area (Å²) in [5.74, 6) is 0.451. The normalized spacial score (nSPS) is 10.4. The molecule has 0 saturated carbocycles. The topological polar surface area (TPSA) is 56.3 Å². The molecule has 1 heterocycles. The van der Waals surface area contributed by atoms with Crippen LogP contribution >= 0.6 is 0 Å². The molecule has 1 aromatic heterocycles. The molecule has 3 aromatic rings. The number of hydrogen-bond donors (Lipinski definition) is 0.